The number of anilines is 1. The maximum absolute atomic E-state index is 12.8. The number of hydrazone groups is 1. The lowest BCUT2D eigenvalue weighted by atomic mass is 9.89. The summed E-state index contributed by atoms with van der Waals surface area (Å²) in [5.74, 6) is -0.682. The molecule has 1 saturated heterocycles. The summed E-state index contributed by atoms with van der Waals surface area (Å²) in [4.78, 5) is 40.2. The average Bonchev–Trinajstić information content (AvgIpc) is 3.38. The van der Waals surface area contributed by atoms with Gasteiger partial charge in [0, 0.05) is 22.7 Å². The van der Waals surface area contributed by atoms with Gasteiger partial charge in [0.05, 0.1) is 24.1 Å². The molecule has 2 fully saturated rings. The van der Waals surface area contributed by atoms with Crippen LogP contribution in [0.25, 0.3) is 0 Å². The maximum atomic E-state index is 12.8. The van der Waals surface area contributed by atoms with E-state index in [1.165, 1.54) is 0 Å². The van der Waals surface area contributed by atoms with Crippen molar-refractivity contribution in [3.63, 3.8) is 0 Å². The summed E-state index contributed by atoms with van der Waals surface area (Å²) in [6.07, 6.45) is 2.22. The molecule has 2 aliphatic heterocycles. The van der Waals surface area contributed by atoms with Crippen LogP contribution in [0.2, 0.25) is 0 Å². The van der Waals surface area contributed by atoms with Gasteiger partial charge in [-0.2, -0.15) is 5.10 Å². The van der Waals surface area contributed by atoms with E-state index >= 15 is 0 Å². The molecule has 3 atom stereocenters. The molecule has 0 aromatic heterocycles. The number of nitrogens with zero attached hydrogens (tertiary/aromatic N) is 2. The minimum absolute atomic E-state index is 0.0125. The second-order valence-corrected chi connectivity index (χ2v) is 9.89. The van der Waals surface area contributed by atoms with Gasteiger partial charge in [-0.15, -0.1) is 0 Å². The Balaban J connectivity index is 1.53. The smallest absolute Gasteiger partial charge is 0.245 e. The highest BCUT2D eigenvalue weighted by molar-refractivity contribution is 6.19. The molecule has 1 aromatic rings. The predicted molar refractivity (Wildman–Crippen MR) is 123 cm³/mol. The molecule has 2 heterocycles. The van der Waals surface area contributed by atoms with E-state index in [9.17, 15) is 14.4 Å². The Morgan fingerprint density at radius 1 is 1.25 bits per heavy atom. The normalized spacial score (nSPS) is 27.9. The van der Waals surface area contributed by atoms with E-state index in [2.05, 4.69) is 33.0 Å². The van der Waals surface area contributed by atoms with Crippen molar-refractivity contribution in [1.82, 2.24) is 15.6 Å². The van der Waals surface area contributed by atoms with Crippen molar-refractivity contribution >= 4 is 29.1 Å². The monoisotopic (exact) mass is 439 g/mol. The van der Waals surface area contributed by atoms with E-state index in [1.54, 1.807) is 0 Å². The molecule has 0 bridgehead atoms. The van der Waals surface area contributed by atoms with Crippen LogP contribution >= 0.6 is 0 Å². The fourth-order valence-corrected chi connectivity index (χ4v) is 5.09. The third kappa shape index (κ3) is 4.16. The molecule has 1 aromatic carbocycles. The molecule has 8 nitrogen and oxygen atoms in total. The first-order valence-corrected chi connectivity index (χ1v) is 11.5. The topological polar surface area (TPSA) is 103 Å². The van der Waals surface area contributed by atoms with Crippen LogP contribution in [0.4, 0.5) is 5.69 Å². The molecule has 0 radical (unpaired) electrons. The minimum Gasteiger partial charge on any atom is -0.354 e. The summed E-state index contributed by atoms with van der Waals surface area (Å²) in [5, 5.41) is 10.3. The third-order valence-electron chi connectivity index (χ3n) is 7.00. The molecule has 0 unspecified atom stereocenters. The number of fused-ring (bicyclic) bond motifs is 1. The minimum atomic E-state index is -0.703. The van der Waals surface area contributed by atoms with Crippen molar-refractivity contribution in [2.45, 2.75) is 46.6 Å². The number of amides is 3. The van der Waals surface area contributed by atoms with Crippen molar-refractivity contribution in [2.75, 3.05) is 25.0 Å². The molecular weight excluding hydrogens is 406 g/mol. The van der Waals surface area contributed by atoms with Crippen LogP contribution in [0.3, 0.4) is 0 Å². The van der Waals surface area contributed by atoms with E-state index in [0.29, 0.717) is 23.9 Å². The van der Waals surface area contributed by atoms with E-state index in [4.69, 9.17) is 0 Å². The molecule has 32 heavy (non-hydrogen) atoms. The van der Waals surface area contributed by atoms with Crippen LogP contribution in [0.5, 0.6) is 0 Å². The summed E-state index contributed by atoms with van der Waals surface area (Å²) >= 11 is 0. The maximum Gasteiger partial charge on any atom is 0.245 e. The molecule has 1 aliphatic carbocycles. The fraction of sp³-hybridized carbons (Fsp3) is 0.583. The van der Waals surface area contributed by atoms with Gasteiger partial charge in [0.2, 0.25) is 17.7 Å². The van der Waals surface area contributed by atoms with Crippen LogP contribution in [0.15, 0.2) is 29.4 Å². The van der Waals surface area contributed by atoms with Crippen LogP contribution in [-0.2, 0) is 14.4 Å². The molecule has 172 valence electrons. The highest BCUT2D eigenvalue weighted by atomic mass is 16.2. The highest BCUT2D eigenvalue weighted by Crippen LogP contribution is 2.62. The van der Waals surface area contributed by atoms with Gasteiger partial charge < -0.3 is 10.6 Å². The number of piperidine rings is 1. The Kier molecular flexibility index (Phi) is 6.07. The zero-order valence-corrected chi connectivity index (χ0v) is 19.3. The second-order valence-electron chi connectivity index (χ2n) is 9.89. The Morgan fingerprint density at radius 2 is 1.94 bits per heavy atom. The number of para-hydroxylation sites is 1. The van der Waals surface area contributed by atoms with Crippen molar-refractivity contribution < 1.29 is 14.4 Å². The number of likely N-dealkylation sites (tertiary alicyclic amines) is 1. The standard InChI is InChI=1S/C24H33N5O3/c1-14(2)25-22(31)19-20-23(32)28-27-21(24(19,20)4)16-7-5-6-8-17(16)26-18(30)13-29-11-9-15(3)10-12-29/h5-8,14-15,19-20H,9-13H2,1-4H3,(H,25,31)(H,26,30)(H,28,32)/t19-,20+,24+/m0/s1. The molecule has 3 aliphatic rings. The van der Waals surface area contributed by atoms with Gasteiger partial charge in [-0.1, -0.05) is 32.0 Å². The number of carbonyl (C=O) groups excluding carboxylic acids is 3. The molecule has 1 saturated carbocycles. The number of carbonyl (C=O) groups is 3. The molecular formula is C24H33N5O3. The lowest BCUT2D eigenvalue weighted by molar-refractivity contribution is -0.127. The highest BCUT2D eigenvalue weighted by Gasteiger charge is 2.72. The summed E-state index contributed by atoms with van der Waals surface area (Å²) in [6.45, 7) is 10.2. The Bertz CT molecular complexity index is 951. The second kappa shape index (κ2) is 8.65. The first-order chi connectivity index (χ1) is 15.2. The zero-order valence-electron chi connectivity index (χ0n) is 19.3. The van der Waals surface area contributed by atoms with Crippen molar-refractivity contribution in [1.29, 1.82) is 0 Å². The quantitative estimate of drug-likeness (QED) is 0.631. The summed E-state index contributed by atoms with van der Waals surface area (Å²) < 4.78 is 0. The molecule has 0 spiro atoms. The van der Waals surface area contributed by atoms with Gasteiger partial charge in [0.15, 0.2) is 0 Å². The van der Waals surface area contributed by atoms with Crippen LogP contribution in [0.1, 0.15) is 46.1 Å². The van der Waals surface area contributed by atoms with Crippen LogP contribution in [-0.4, -0.2) is 54.0 Å². The lowest BCUT2D eigenvalue weighted by Crippen LogP contribution is -2.39. The van der Waals surface area contributed by atoms with E-state index in [-0.39, 0.29) is 23.8 Å². The van der Waals surface area contributed by atoms with Crippen molar-refractivity contribution in [3.8, 4) is 0 Å². The van der Waals surface area contributed by atoms with Gasteiger partial charge >= 0.3 is 0 Å². The molecule has 8 heteroatoms. The van der Waals surface area contributed by atoms with Gasteiger partial charge in [0.1, 0.15) is 0 Å². The Hall–Kier alpha value is -2.74. The number of benzene rings is 1. The fourth-order valence-electron chi connectivity index (χ4n) is 5.09. The summed E-state index contributed by atoms with van der Waals surface area (Å²) in [6, 6.07) is 7.45. The first kappa shape index (κ1) is 22.5. The molecule has 4 rings (SSSR count). The number of hydrogen-bond acceptors (Lipinski definition) is 5. The Morgan fingerprint density at radius 3 is 2.62 bits per heavy atom. The molecule has 3 amide bonds. The van der Waals surface area contributed by atoms with E-state index in [1.807, 2.05) is 45.0 Å². The van der Waals surface area contributed by atoms with E-state index < -0.39 is 17.3 Å². The predicted octanol–water partition coefficient (Wildman–Crippen LogP) is 1.97. The SMILES string of the molecule is CC1CCN(CC(=O)Nc2ccccc2C2=NNC(=O)[C@H]3[C@@H](C(=O)NC(C)C)[C@@]23C)CC1. The van der Waals surface area contributed by atoms with Gasteiger partial charge in [-0.3, -0.25) is 19.3 Å². The zero-order chi connectivity index (χ0) is 23.0. The summed E-state index contributed by atoms with van der Waals surface area (Å²) in [5.41, 5.74) is 3.90. The summed E-state index contributed by atoms with van der Waals surface area (Å²) in [7, 11) is 0. The number of hydrogen-bond donors (Lipinski definition) is 3. The largest absolute Gasteiger partial charge is 0.354 e. The van der Waals surface area contributed by atoms with Crippen molar-refractivity contribution in [2.24, 2.45) is 28.3 Å². The molecule has 3 N–H and O–H groups in total. The van der Waals surface area contributed by atoms with Gasteiger partial charge in [0.25, 0.3) is 0 Å². The number of nitrogens with one attached hydrogen (secondary N) is 3. The average molecular weight is 440 g/mol. The first-order valence-electron chi connectivity index (χ1n) is 11.5. The number of rotatable bonds is 6. The van der Waals surface area contributed by atoms with E-state index in [0.717, 1.165) is 31.5 Å². The Labute approximate surface area is 189 Å². The van der Waals surface area contributed by atoms with Gasteiger partial charge in [-0.05, 0) is 51.8 Å². The van der Waals surface area contributed by atoms with Gasteiger partial charge in [-0.25, -0.2) is 5.43 Å². The lowest BCUT2D eigenvalue weighted by Gasteiger charge is -2.29. The van der Waals surface area contributed by atoms with Crippen LogP contribution in [0, 0.1) is 23.2 Å². The van der Waals surface area contributed by atoms with Crippen molar-refractivity contribution in [3.05, 3.63) is 29.8 Å². The van der Waals surface area contributed by atoms with Crippen LogP contribution < -0.4 is 16.1 Å². The third-order valence-corrected chi connectivity index (χ3v) is 7.00.